The molecule has 2 aliphatic rings. The number of hydrogen-bond donors (Lipinski definition) is 2. The number of benzene rings is 3. The third-order valence-corrected chi connectivity index (χ3v) is 4.38. The van der Waals surface area contributed by atoms with Crippen LogP contribution in [-0.2, 0) is 18.0 Å². The second-order valence-corrected chi connectivity index (χ2v) is 6.21. The number of para-hydroxylation sites is 1. The van der Waals surface area contributed by atoms with E-state index in [0.717, 1.165) is 5.56 Å². The van der Waals surface area contributed by atoms with Crippen LogP contribution >= 0.6 is 0 Å². The van der Waals surface area contributed by atoms with Crippen molar-refractivity contribution in [3.05, 3.63) is 81.5 Å². The van der Waals surface area contributed by atoms with Crippen LogP contribution in [-0.4, -0.2) is 16.1 Å². The molecule has 0 amide bonds. The molecule has 2 aromatic carbocycles. The molecule has 1 heterocycles. The first-order valence-corrected chi connectivity index (χ1v) is 8.55. The molecule has 0 atom stereocenters. The zero-order chi connectivity index (χ0) is 19.7. The van der Waals surface area contributed by atoms with Gasteiger partial charge in [-0.1, -0.05) is 42.5 Å². The second-order valence-electron chi connectivity index (χ2n) is 6.21. The molecule has 7 nitrogen and oxygen atoms in total. The number of fused-ring (bicyclic) bond motifs is 2. The molecule has 0 radical (unpaired) electrons. The summed E-state index contributed by atoms with van der Waals surface area (Å²) in [4.78, 5) is 29.4. The molecule has 0 bridgehead atoms. The van der Waals surface area contributed by atoms with Gasteiger partial charge in [0.15, 0.2) is 11.3 Å². The highest BCUT2D eigenvalue weighted by atomic mass is 16.5. The normalized spacial score (nSPS) is 11.0. The summed E-state index contributed by atoms with van der Waals surface area (Å²) in [6, 6.07) is 15.4. The molecule has 1 aliphatic carbocycles. The number of esters is 1. The van der Waals surface area contributed by atoms with E-state index in [1.165, 1.54) is 6.07 Å². The number of carbonyl (C=O) groups is 1. The molecule has 0 fully saturated rings. The van der Waals surface area contributed by atoms with Gasteiger partial charge in [0, 0.05) is 11.6 Å². The minimum absolute atomic E-state index is 0.0241. The van der Waals surface area contributed by atoms with E-state index in [9.17, 15) is 14.7 Å². The summed E-state index contributed by atoms with van der Waals surface area (Å²) in [5.41, 5.74) is 7.13. The molecule has 140 valence electrons. The number of carbonyl (C=O) groups excluding carboxylic acids is 1. The van der Waals surface area contributed by atoms with Gasteiger partial charge in [0.1, 0.15) is 23.4 Å². The molecule has 0 unspecified atom stereocenters. The van der Waals surface area contributed by atoms with Crippen LogP contribution in [0.5, 0.6) is 0 Å². The molecule has 28 heavy (non-hydrogen) atoms. The Bertz CT molecular complexity index is 1200. The Hall–Kier alpha value is -3.71. The van der Waals surface area contributed by atoms with Crippen molar-refractivity contribution in [2.24, 2.45) is 0 Å². The van der Waals surface area contributed by atoms with Gasteiger partial charge in [-0.3, -0.25) is 4.79 Å². The van der Waals surface area contributed by atoms with E-state index in [0.29, 0.717) is 16.7 Å². The summed E-state index contributed by atoms with van der Waals surface area (Å²) < 4.78 is 11.1. The Kier molecular flexibility index (Phi) is 4.50. The van der Waals surface area contributed by atoms with Gasteiger partial charge in [0.05, 0.1) is 12.3 Å². The van der Waals surface area contributed by atoms with Crippen LogP contribution in [0.2, 0.25) is 0 Å². The lowest BCUT2D eigenvalue weighted by Crippen LogP contribution is -2.19. The molecular formula is C21H16N2O5. The van der Waals surface area contributed by atoms with Crippen LogP contribution in [0.25, 0.3) is 22.6 Å². The number of aliphatic hydroxyl groups is 1. The fourth-order valence-electron chi connectivity index (χ4n) is 2.96. The Morgan fingerprint density at radius 3 is 2.68 bits per heavy atom. The number of aromatic nitrogens is 1. The number of nitrogens with two attached hydrogens (primary N) is 1. The van der Waals surface area contributed by atoms with Crippen molar-refractivity contribution in [2.45, 2.75) is 13.2 Å². The number of nitrogen functional groups attached to an aromatic ring is 1. The molecule has 1 aliphatic heterocycles. The summed E-state index contributed by atoms with van der Waals surface area (Å²) in [5.74, 6) is -0.652. The van der Waals surface area contributed by atoms with Gasteiger partial charge in [0.25, 0.3) is 0 Å². The van der Waals surface area contributed by atoms with Gasteiger partial charge in [-0.25, -0.2) is 9.78 Å². The number of nitrogens with zero attached hydrogens (tertiary/aromatic N) is 1. The van der Waals surface area contributed by atoms with Gasteiger partial charge in [-0.2, -0.15) is 0 Å². The van der Waals surface area contributed by atoms with Gasteiger partial charge in [-0.15, -0.1) is 0 Å². The summed E-state index contributed by atoms with van der Waals surface area (Å²) in [6.45, 7) is -0.232. The lowest BCUT2D eigenvalue weighted by atomic mass is 10.1. The lowest BCUT2D eigenvalue weighted by Gasteiger charge is -2.14. The predicted molar refractivity (Wildman–Crippen MR) is 103 cm³/mol. The maximum absolute atomic E-state index is 12.7. The van der Waals surface area contributed by atoms with E-state index in [4.69, 9.17) is 14.9 Å². The molecule has 0 spiro atoms. The molecule has 0 aromatic heterocycles. The number of rotatable bonds is 4. The van der Waals surface area contributed by atoms with Crippen LogP contribution in [0.15, 0.2) is 63.8 Å². The standard InChI is InChI=1S/C21H16N2O5/c22-18-14(25)9-16-20(23-19-13(10-24)7-4-8-15(19)28-16)17(18)21(26)27-11-12-5-2-1-3-6-12/h1-9,24H,10-11,22H2. The minimum atomic E-state index is -0.771. The topological polar surface area (TPSA) is 116 Å². The van der Waals surface area contributed by atoms with Crippen molar-refractivity contribution in [1.29, 1.82) is 0 Å². The molecule has 2 aromatic rings. The largest absolute Gasteiger partial charge is 0.457 e. The second kappa shape index (κ2) is 7.13. The van der Waals surface area contributed by atoms with Crippen molar-refractivity contribution < 1.29 is 19.1 Å². The highest BCUT2D eigenvalue weighted by Crippen LogP contribution is 2.31. The highest BCUT2D eigenvalue weighted by molar-refractivity contribution is 6.02. The van der Waals surface area contributed by atoms with Crippen LogP contribution in [0.1, 0.15) is 21.5 Å². The third-order valence-electron chi connectivity index (χ3n) is 4.38. The molecule has 0 saturated carbocycles. The zero-order valence-corrected chi connectivity index (χ0v) is 14.7. The fourth-order valence-corrected chi connectivity index (χ4v) is 2.96. The lowest BCUT2D eigenvalue weighted by molar-refractivity contribution is 0.0474. The highest BCUT2D eigenvalue weighted by Gasteiger charge is 2.26. The molecule has 4 rings (SSSR count). The number of anilines is 1. The molecular weight excluding hydrogens is 360 g/mol. The average molecular weight is 376 g/mol. The first-order chi connectivity index (χ1) is 13.6. The molecule has 3 N–H and O–H groups in total. The first-order valence-electron chi connectivity index (χ1n) is 8.55. The minimum Gasteiger partial charge on any atom is -0.457 e. The van der Waals surface area contributed by atoms with Gasteiger partial charge in [0.2, 0.25) is 5.43 Å². The van der Waals surface area contributed by atoms with Crippen molar-refractivity contribution in [2.75, 3.05) is 5.73 Å². The van der Waals surface area contributed by atoms with Crippen LogP contribution in [0.3, 0.4) is 0 Å². The Labute approximate surface area is 159 Å². The average Bonchev–Trinajstić information content (AvgIpc) is 2.72. The van der Waals surface area contributed by atoms with Gasteiger partial charge in [-0.05, 0) is 11.6 Å². The monoisotopic (exact) mass is 376 g/mol. The number of aliphatic hydroxyl groups excluding tert-OH is 1. The maximum atomic E-state index is 12.7. The fraction of sp³-hybridized carbons (Fsp3) is 0.0952. The van der Waals surface area contributed by atoms with Crippen molar-refractivity contribution in [1.82, 2.24) is 4.98 Å². The van der Waals surface area contributed by atoms with Crippen LogP contribution in [0.4, 0.5) is 5.69 Å². The SMILES string of the molecule is Nc1c(C(=O)OCc2ccccc2)c2nc3c(CO)cccc3oc-2cc1=O. The van der Waals surface area contributed by atoms with E-state index in [2.05, 4.69) is 4.98 Å². The summed E-state index contributed by atoms with van der Waals surface area (Å²) in [7, 11) is 0. The maximum Gasteiger partial charge on any atom is 0.343 e. The van der Waals surface area contributed by atoms with Crippen LogP contribution < -0.4 is 11.2 Å². The molecule has 0 saturated heterocycles. The van der Waals surface area contributed by atoms with E-state index in [-0.39, 0.29) is 35.9 Å². The zero-order valence-electron chi connectivity index (χ0n) is 14.7. The van der Waals surface area contributed by atoms with E-state index < -0.39 is 11.4 Å². The predicted octanol–water partition coefficient (Wildman–Crippen LogP) is 2.72. The van der Waals surface area contributed by atoms with Gasteiger partial charge < -0.3 is 20.0 Å². The first kappa shape index (κ1) is 17.7. The van der Waals surface area contributed by atoms with Crippen molar-refractivity contribution in [3.8, 4) is 11.5 Å². The summed E-state index contributed by atoms with van der Waals surface area (Å²) >= 11 is 0. The van der Waals surface area contributed by atoms with Crippen molar-refractivity contribution >= 4 is 22.8 Å². The summed E-state index contributed by atoms with van der Waals surface area (Å²) in [5, 5.41) is 9.55. The van der Waals surface area contributed by atoms with E-state index in [1.54, 1.807) is 18.2 Å². The Morgan fingerprint density at radius 1 is 1.14 bits per heavy atom. The summed E-state index contributed by atoms with van der Waals surface area (Å²) in [6.07, 6.45) is 0. The molecule has 7 heteroatoms. The van der Waals surface area contributed by atoms with Gasteiger partial charge >= 0.3 is 5.97 Å². The number of ether oxygens (including phenoxy) is 1. The van der Waals surface area contributed by atoms with E-state index >= 15 is 0 Å². The number of hydrogen-bond acceptors (Lipinski definition) is 7. The van der Waals surface area contributed by atoms with E-state index in [1.807, 2.05) is 30.3 Å². The Balaban J connectivity index is 1.84. The Morgan fingerprint density at radius 2 is 1.93 bits per heavy atom. The van der Waals surface area contributed by atoms with Crippen LogP contribution in [0, 0.1) is 0 Å². The quantitative estimate of drug-likeness (QED) is 0.320. The third kappa shape index (κ3) is 3.08. The smallest absolute Gasteiger partial charge is 0.343 e. The van der Waals surface area contributed by atoms with Crippen molar-refractivity contribution in [3.63, 3.8) is 0 Å².